The maximum Gasteiger partial charge on any atom is 0.337 e. The summed E-state index contributed by atoms with van der Waals surface area (Å²) in [4.78, 5) is 55.7. The number of hydrogen-bond acceptors (Lipinski definition) is 6. The fraction of sp³-hybridized carbons (Fsp3) is 0.240. The molecular weight excluding hydrogens is 616 g/mol. The first-order valence-electron chi connectivity index (χ1n) is 10.7. The van der Waals surface area contributed by atoms with Gasteiger partial charge in [0.25, 0.3) is 0 Å². The van der Waals surface area contributed by atoms with Crippen LogP contribution in [-0.2, 0) is 23.9 Å². The van der Waals surface area contributed by atoms with E-state index >= 15 is 0 Å². The van der Waals surface area contributed by atoms with Crippen molar-refractivity contribution in [2.75, 3.05) is 17.2 Å². The van der Waals surface area contributed by atoms with Crippen molar-refractivity contribution in [1.82, 2.24) is 0 Å². The first-order chi connectivity index (χ1) is 17.2. The van der Waals surface area contributed by atoms with Crippen molar-refractivity contribution < 1.29 is 38.9 Å². The van der Waals surface area contributed by atoms with E-state index in [0.717, 1.165) is 34.5 Å². The summed E-state index contributed by atoms with van der Waals surface area (Å²) < 4.78 is 5.58. The number of anilines is 2. The van der Waals surface area contributed by atoms with E-state index in [-0.39, 0.29) is 17.9 Å². The summed E-state index contributed by atoms with van der Waals surface area (Å²) in [6, 6.07) is 6.87. The maximum atomic E-state index is 11.7. The zero-order valence-corrected chi connectivity index (χ0v) is 23.7. The van der Waals surface area contributed by atoms with Crippen molar-refractivity contribution in [2.45, 2.75) is 34.1 Å². The van der Waals surface area contributed by atoms with E-state index in [1.165, 1.54) is 6.07 Å². The molecule has 0 bridgehead atoms. The molecule has 0 aromatic heterocycles. The number of ether oxygens (including phenoxy) is 1. The average Bonchev–Trinajstić information content (AvgIpc) is 2.76. The van der Waals surface area contributed by atoms with Crippen molar-refractivity contribution in [3.8, 4) is 0 Å². The SMILES string of the molecule is CCOC(=O)CC(=O)Nc1c(Br)cc(Br)cc1C(=O)O.Cc1cc(C)c(NC(=O)C=CC(=O)O)c(C)c1. The highest BCUT2D eigenvalue weighted by atomic mass is 79.9. The van der Waals surface area contributed by atoms with Gasteiger partial charge in [0, 0.05) is 26.8 Å². The molecule has 0 saturated heterocycles. The number of carboxylic acid groups (broad SMARTS) is 2. The van der Waals surface area contributed by atoms with E-state index in [4.69, 9.17) is 10.2 Å². The summed E-state index contributed by atoms with van der Waals surface area (Å²) in [6.45, 7) is 7.58. The van der Waals surface area contributed by atoms with Crippen LogP contribution in [-0.4, -0.2) is 46.5 Å². The summed E-state index contributed by atoms with van der Waals surface area (Å²) in [7, 11) is 0. The minimum absolute atomic E-state index is 0.0926. The number of aromatic carboxylic acids is 1. The van der Waals surface area contributed by atoms with E-state index in [9.17, 15) is 24.0 Å². The molecule has 2 aromatic rings. The predicted molar refractivity (Wildman–Crippen MR) is 145 cm³/mol. The van der Waals surface area contributed by atoms with Crippen LogP contribution in [0.4, 0.5) is 11.4 Å². The zero-order valence-electron chi connectivity index (χ0n) is 20.5. The minimum atomic E-state index is -1.20. The Balaban J connectivity index is 0.000000375. The zero-order chi connectivity index (χ0) is 28.3. The fourth-order valence-corrected chi connectivity index (χ4v) is 4.41. The van der Waals surface area contributed by atoms with Gasteiger partial charge in [0.1, 0.15) is 6.42 Å². The van der Waals surface area contributed by atoms with Gasteiger partial charge in [-0.1, -0.05) is 33.6 Å². The molecule has 0 radical (unpaired) electrons. The Morgan fingerprint density at radius 1 is 0.892 bits per heavy atom. The molecule has 2 amide bonds. The van der Waals surface area contributed by atoms with Crippen molar-refractivity contribution in [2.24, 2.45) is 0 Å². The second-order valence-corrected chi connectivity index (χ2v) is 9.35. The summed E-state index contributed by atoms with van der Waals surface area (Å²) in [6.07, 6.45) is 1.34. The molecule has 0 fully saturated rings. The average molecular weight is 642 g/mol. The Hall–Kier alpha value is -3.51. The molecule has 0 aliphatic heterocycles. The van der Waals surface area contributed by atoms with Crippen molar-refractivity contribution in [1.29, 1.82) is 0 Å². The number of amides is 2. The number of carbonyl (C=O) groups is 5. The summed E-state index contributed by atoms with van der Waals surface area (Å²) in [5, 5.41) is 22.6. The monoisotopic (exact) mass is 640 g/mol. The van der Waals surface area contributed by atoms with E-state index < -0.39 is 36.1 Å². The number of carboxylic acids is 2. The Labute approximate surface area is 230 Å². The molecule has 0 aliphatic carbocycles. The lowest BCUT2D eigenvalue weighted by Crippen LogP contribution is -2.20. The van der Waals surface area contributed by atoms with Crippen LogP contribution >= 0.6 is 31.9 Å². The highest BCUT2D eigenvalue weighted by Crippen LogP contribution is 2.31. The van der Waals surface area contributed by atoms with Crippen molar-refractivity contribution >= 4 is 73.0 Å². The fourth-order valence-electron chi connectivity index (χ4n) is 3.09. The lowest BCUT2D eigenvalue weighted by Gasteiger charge is -2.11. The van der Waals surface area contributed by atoms with E-state index in [1.54, 1.807) is 13.0 Å². The number of aryl methyl sites for hydroxylation is 3. The maximum absolute atomic E-state index is 11.7. The van der Waals surface area contributed by atoms with Crippen LogP contribution in [0, 0.1) is 20.8 Å². The Morgan fingerprint density at radius 3 is 2.00 bits per heavy atom. The third kappa shape index (κ3) is 11.0. The number of nitrogens with one attached hydrogen (secondary N) is 2. The molecule has 2 aromatic carbocycles. The predicted octanol–water partition coefficient (Wildman–Crippen LogP) is 4.99. The molecular formula is C25H26Br2N2O8. The molecule has 2 rings (SSSR count). The number of benzene rings is 2. The van der Waals surface area contributed by atoms with E-state index in [0.29, 0.717) is 8.95 Å². The van der Waals surface area contributed by atoms with Crippen LogP contribution in [0.1, 0.15) is 40.4 Å². The van der Waals surface area contributed by atoms with Gasteiger partial charge in [-0.15, -0.1) is 0 Å². The molecule has 198 valence electrons. The van der Waals surface area contributed by atoms with Gasteiger partial charge >= 0.3 is 17.9 Å². The van der Waals surface area contributed by atoms with E-state index in [2.05, 4.69) is 47.2 Å². The van der Waals surface area contributed by atoms with E-state index in [1.807, 2.05) is 32.9 Å². The highest BCUT2D eigenvalue weighted by Gasteiger charge is 2.18. The van der Waals surface area contributed by atoms with Crippen molar-refractivity contribution in [3.63, 3.8) is 0 Å². The van der Waals surface area contributed by atoms with Crippen LogP contribution < -0.4 is 10.6 Å². The standard InChI is InChI=1S/C13H15NO3.C12H11Br2NO5/c1-8-6-9(2)13(10(3)7-8)14-11(15)4-5-12(16)17;1-2-20-10(17)5-9(16)15-11-7(12(18)19)3-6(13)4-8(11)14/h4-7H,1-3H3,(H,14,15)(H,16,17);3-4H,2,5H2,1H3,(H,15,16)(H,18,19). The van der Waals surface area contributed by atoms with Gasteiger partial charge in [-0.05, 0) is 66.9 Å². The molecule has 0 atom stereocenters. The Kier molecular flexibility index (Phi) is 12.7. The Bertz CT molecular complexity index is 1220. The lowest BCUT2D eigenvalue weighted by atomic mass is 10.1. The van der Waals surface area contributed by atoms with Crippen LogP contribution in [0.5, 0.6) is 0 Å². The van der Waals surface area contributed by atoms with Crippen LogP contribution in [0.15, 0.2) is 45.4 Å². The normalized spacial score (nSPS) is 10.2. The number of esters is 1. The number of halogens is 2. The smallest absolute Gasteiger partial charge is 0.337 e. The molecule has 4 N–H and O–H groups in total. The van der Waals surface area contributed by atoms with Gasteiger partial charge < -0.3 is 25.6 Å². The molecule has 0 saturated carbocycles. The number of rotatable bonds is 8. The first-order valence-corrected chi connectivity index (χ1v) is 12.3. The van der Waals surface area contributed by atoms with Crippen molar-refractivity contribution in [3.05, 3.63) is 67.6 Å². The van der Waals surface area contributed by atoms with Gasteiger partial charge in [-0.2, -0.15) is 0 Å². The molecule has 37 heavy (non-hydrogen) atoms. The van der Waals surface area contributed by atoms with Gasteiger partial charge in [-0.25, -0.2) is 9.59 Å². The quantitative estimate of drug-likeness (QED) is 0.178. The van der Waals surface area contributed by atoms with Crippen LogP contribution in [0.25, 0.3) is 0 Å². The summed E-state index contributed by atoms with van der Waals surface area (Å²) in [5.74, 6) is -4.09. The number of hydrogen-bond donors (Lipinski definition) is 4. The Morgan fingerprint density at radius 2 is 1.49 bits per heavy atom. The van der Waals surface area contributed by atoms with Gasteiger partial charge in [0.05, 0.1) is 17.9 Å². The molecule has 0 spiro atoms. The molecule has 0 unspecified atom stereocenters. The highest BCUT2D eigenvalue weighted by molar-refractivity contribution is 9.11. The van der Waals surface area contributed by atoms with Gasteiger partial charge in [-0.3, -0.25) is 14.4 Å². The number of carbonyl (C=O) groups excluding carboxylic acids is 3. The topological polar surface area (TPSA) is 159 Å². The molecule has 10 nitrogen and oxygen atoms in total. The summed E-state index contributed by atoms with van der Waals surface area (Å²) >= 11 is 6.33. The van der Waals surface area contributed by atoms with Crippen LogP contribution in [0.3, 0.4) is 0 Å². The van der Waals surface area contributed by atoms with Gasteiger partial charge in [0.2, 0.25) is 11.8 Å². The molecule has 12 heteroatoms. The lowest BCUT2D eigenvalue weighted by molar-refractivity contribution is -0.145. The minimum Gasteiger partial charge on any atom is -0.478 e. The molecule has 0 heterocycles. The summed E-state index contributed by atoms with van der Waals surface area (Å²) in [5.41, 5.74) is 3.77. The largest absolute Gasteiger partial charge is 0.478 e. The number of aliphatic carboxylic acids is 1. The second-order valence-electron chi connectivity index (χ2n) is 7.58. The van der Waals surface area contributed by atoms with Gasteiger partial charge in [0.15, 0.2) is 0 Å². The third-order valence-electron chi connectivity index (χ3n) is 4.46. The first kappa shape index (κ1) is 31.5. The van der Waals surface area contributed by atoms with Crippen LogP contribution in [0.2, 0.25) is 0 Å². The second kappa shape index (κ2) is 14.9. The molecule has 0 aliphatic rings. The third-order valence-corrected chi connectivity index (χ3v) is 5.55.